The second-order valence-corrected chi connectivity index (χ2v) is 7.08. The van der Waals surface area contributed by atoms with Crippen LogP contribution in [0.2, 0.25) is 0 Å². The van der Waals surface area contributed by atoms with E-state index in [2.05, 4.69) is 51.6 Å². The maximum Gasteiger partial charge on any atom is 0.283 e. The number of nitrogens with one attached hydrogen (secondary N) is 1. The van der Waals surface area contributed by atoms with Crippen LogP contribution in [0.4, 0.5) is 5.69 Å². The minimum atomic E-state index is -0.247. The first kappa shape index (κ1) is 16.2. The van der Waals surface area contributed by atoms with E-state index in [1.165, 1.54) is 9.56 Å². The van der Waals surface area contributed by atoms with Crippen LogP contribution in [-0.4, -0.2) is 28.0 Å². The molecule has 0 bridgehead atoms. The number of thiophene rings is 1. The van der Waals surface area contributed by atoms with E-state index in [1.807, 2.05) is 6.07 Å². The van der Waals surface area contributed by atoms with Crippen molar-refractivity contribution in [2.75, 3.05) is 18.5 Å². The molecule has 114 valence electrons. The van der Waals surface area contributed by atoms with Crippen LogP contribution in [0.25, 0.3) is 0 Å². The first-order valence-electron chi connectivity index (χ1n) is 6.60. The Morgan fingerprint density at radius 2 is 2.29 bits per heavy atom. The highest BCUT2D eigenvalue weighted by atomic mass is 79.9. The highest BCUT2D eigenvalue weighted by molar-refractivity contribution is 9.10. The summed E-state index contributed by atoms with van der Waals surface area (Å²) in [6, 6.07) is 4.15. The molecule has 2 heterocycles. The predicted molar refractivity (Wildman–Crippen MR) is 89.1 cm³/mol. The Hall–Kier alpha value is -1.18. The second-order valence-electron chi connectivity index (χ2n) is 5.34. The lowest BCUT2D eigenvalue weighted by molar-refractivity contribution is 0.266. The Kier molecular flexibility index (Phi) is 5.18. The van der Waals surface area contributed by atoms with E-state index in [-0.39, 0.29) is 24.1 Å². The number of hydrogen-bond acceptors (Lipinski definition) is 5. The Morgan fingerprint density at radius 3 is 2.90 bits per heavy atom. The summed E-state index contributed by atoms with van der Waals surface area (Å²) in [4.78, 5) is 13.3. The lowest BCUT2D eigenvalue weighted by atomic mass is 9.91. The van der Waals surface area contributed by atoms with E-state index in [4.69, 9.17) is 5.11 Å². The number of nitrogens with zero attached hydrogens (tertiary/aromatic N) is 2. The van der Waals surface area contributed by atoms with Crippen LogP contribution in [0.5, 0.6) is 0 Å². The van der Waals surface area contributed by atoms with Crippen LogP contribution in [-0.2, 0) is 12.0 Å². The fourth-order valence-electron chi connectivity index (χ4n) is 1.91. The standard InChI is InChI=1S/C14H18BrN3O2S/c1-14(2,11-4-3-7-21-11)9-16-10-8-17-18(5-6-19)13(20)12(10)15/h3-4,7-8,16,19H,5-6,9H2,1-2H3. The van der Waals surface area contributed by atoms with E-state index in [0.29, 0.717) is 16.7 Å². The molecule has 0 saturated heterocycles. The normalized spacial score (nSPS) is 11.6. The third kappa shape index (κ3) is 3.72. The Morgan fingerprint density at radius 1 is 1.52 bits per heavy atom. The number of aliphatic hydroxyl groups is 1. The summed E-state index contributed by atoms with van der Waals surface area (Å²) in [5.74, 6) is 0. The average Bonchev–Trinajstić information content (AvgIpc) is 2.98. The van der Waals surface area contributed by atoms with Gasteiger partial charge in [0.2, 0.25) is 0 Å². The maximum atomic E-state index is 12.0. The molecule has 2 aromatic rings. The van der Waals surface area contributed by atoms with Crippen LogP contribution in [0.1, 0.15) is 18.7 Å². The molecule has 7 heteroatoms. The van der Waals surface area contributed by atoms with Gasteiger partial charge in [0.15, 0.2) is 0 Å². The van der Waals surface area contributed by atoms with Crippen molar-refractivity contribution >= 4 is 33.0 Å². The summed E-state index contributed by atoms with van der Waals surface area (Å²) in [5.41, 5.74) is 0.384. The van der Waals surface area contributed by atoms with Crippen LogP contribution >= 0.6 is 27.3 Å². The smallest absolute Gasteiger partial charge is 0.283 e. The topological polar surface area (TPSA) is 67.2 Å². The molecule has 0 radical (unpaired) electrons. The summed E-state index contributed by atoms with van der Waals surface area (Å²) < 4.78 is 1.67. The number of aliphatic hydroxyl groups excluding tert-OH is 1. The largest absolute Gasteiger partial charge is 0.394 e. The minimum absolute atomic E-state index is 0.0342. The predicted octanol–water partition coefficient (Wildman–Crippen LogP) is 2.45. The summed E-state index contributed by atoms with van der Waals surface area (Å²) in [6.07, 6.45) is 1.60. The van der Waals surface area contributed by atoms with Crippen molar-refractivity contribution in [1.29, 1.82) is 0 Å². The molecule has 0 aliphatic heterocycles. The van der Waals surface area contributed by atoms with E-state index >= 15 is 0 Å². The zero-order valence-electron chi connectivity index (χ0n) is 12.0. The third-order valence-corrected chi connectivity index (χ3v) is 5.21. The molecule has 0 aromatic carbocycles. The van der Waals surface area contributed by atoms with Gasteiger partial charge in [0.25, 0.3) is 5.56 Å². The van der Waals surface area contributed by atoms with Gasteiger partial charge < -0.3 is 10.4 Å². The lowest BCUT2D eigenvalue weighted by Crippen LogP contribution is -2.29. The Labute approximate surface area is 135 Å². The van der Waals surface area contributed by atoms with Crippen molar-refractivity contribution in [2.24, 2.45) is 0 Å². The highest BCUT2D eigenvalue weighted by Crippen LogP contribution is 2.28. The second kappa shape index (κ2) is 6.72. The third-order valence-electron chi connectivity index (χ3n) is 3.21. The van der Waals surface area contributed by atoms with Gasteiger partial charge in [0.1, 0.15) is 4.47 Å². The van der Waals surface area contributed by atoms with E-state index < -0.39 is 0 Å². The lowest BCUT2D eigenvalue weighted by Gasteiger charge is -2.24. The van der Waals surface area contributed by atoms with Crippen molar-refractivity contribution in [3.63, 3.8) is 0 Å². The molecule has 21 heavy (non-hydrogen) atoms. The SMILES string of the molecule is CC(C)(CNc1cnn(CCO)c(=O)c1Br)c1cccs1. The molecule has 0 aliphatic carbocycles. The molecule has 0 atom stereocenters. The monoisotopic (exact) mass is 371 g/mol. The molecular formula is C14H18BrN3O2S. The molecule has 0 aliphatic rings. The summed E-state index contributed by atoms with van der Waals surface area (Å²) >= 11 is 5.02. The van der Waals surface area contributed by atoms with E-state index in [1.54, 1.807) is 17.5 Å². The zero-order chi connectivity index (χ0) is 15.5. The van der Waals surface area contributed by atoms with Crippen LogP contribution < -0.4 is 10.9 Å². The first-order valence-corrected chi connectivity index (χ1v) is 8.27. The number of anilines is 1. The summed E-state index contributed by atoms with van der Waals surface area (Å²) in [5, 5.41) is 18.3. The van der Waals surface area contributed by atoms with Crippen LogP contribution in [0.3, 0.4) is 0 Å². The molecule has 0 amide bonds. The van der Waals surface area contributed by atoms with Crippen LogP contribution in [0.15, 0.2) is 33.0 Å². The first-order chi connectivity index (χ1) is 9.95. The summed E-state index contributed by atoms with van der Waals surface area (Å²) in [7, 11) is 0. The molecular weight excluding hydrogens is 354 g/mol. The molecule has 0 unspecified atom stereocenters. The van der Waals surface area contributed by atoms with E-state index in [0.717, 1.165) is 0 Å². The highest BCUT2D eigenvalue weighted by Gasteiger charge is 2.22. The minimum Gasteiger partial charge on any atom is -0.394 e. The average molecular weight is 372 g/mol. The molecule has 0 saturated carbocycles. The molecule has 0 spiro atoms. The fraction of sp³-hybridized carbons (Fsp3) is 0.429. The van der Waals surface area contributed by atoms with Crippen LogP contribution in [0, 0.1) is 0 Å². The number of aromatic nitrogens is 2. The van der Waals surface area contributed by atoms with Gasteiger partial charge in [-0.15, -0.1) is 11.3 Å². The molecule has 0 fully saturated rings. The Bertz CT molecular complexity index is 653. The van der Waals surface area contributed by atoms with Gasteiger partial charge in [-0.05, 0) is 27.4 Å². The molecule has 2 rings (SSSR count). The van der Waals surface area contributed by atoms with E-state index in [9.17, 15) is 4.79 Å². The molecule has 2 N–H and O–H groups in total. The number of rotatable bonds is 6. The zero-order valence-corrected chi connectivity index (χ0v) is 14.4. The van der Waals surface area contributed by atoms with Gasteiger partial charge in [0, 0.05) is 16.8 Å². The maximum absolute atomic E-state index is 12.0. The van der Waals surface area contributed by atoms with Gasteiger partial charge in [-0.3, -0.25) is 4.79 Å². The van der Waals surface area contributed by atoms with Crippen molar-refractivity contribution in [1.82, 2.24) is 9.78 Å². The van der Waals surface area contributed by atoms with Crippen molar-refractivity contribution in [2.45, 2.75) is 25.8 Å². The van der Waals surface area contributed by atoms with Crippen molar-refractivity contribution < 1.29 is 5.11 Å². The summed E-state index contributed by atoms with van der Waals surface area (Å²) in [6.45, 7) is 5.08. The number of halogens is 1. The van der Waals surface area contributed by atoms with Crippen molar-refractivity contribution in [3.8, 4) is 0 Å². The molecule has 2 aromatic heterocycles. The van der Waals surface area contributed by atoms with Gasteiger partial charge in [-0.1, -0.05) is 19.9 Å². The Balaban J connectivity index is 2.14. The fourth-order valence-corrected chi connectivity index (χ4v) is 3.21. The van der Waals surface area contributed by atoms with Gasteiger partial charge >= 0.3 is 0 Å². The van der Waals surface area contributed by atoms with Gasteiger partial charge in [-0.2, -0.15) is 5.10 Å². The number of hydrogen-bond donors (Lipinski definition) is 2. The molecule has 5 nitrogen and oxygen atoms in total. The van der Waals surface area contributed by atoms with Gasteiger partial charge in [-0.25, -0.2) is 4.68 Å². The van der Waals surface area contributed by atoms with Gasteiger partial charge in [0.05, 0.1) is 25.0 Å². The van der Waals surface area contributed by atoms with Crippen molar-refractivity contribution in [3.05, 3.63) is 43.4 Å². The quantitative estimate of drug-likeness (QED) is 0.818.